The summed E-state index contributed by atoms with van der Waals surface area (Å²) in [4.78, 5) is 0. The summed E-state index contributed by atoms with van der Waals surface area (Å²) in [6, 6.07) is 12.9. The van der Waals surface area contributed by atoms with Gasteiger partial charge in [-0.15, -0.1) is 12.2 Å². The molecule has 0 unspecified atom stereocenters. The summed E-state index contributed by atoms with van der Waals surface area (Å²) in [6.07, 6.45) is -0.833. The molecule has 0 heterocycles. The Morgan fingerprint density at radius 2 is 0.971 bits per heavy atom. The average Bonchev–Trinajstić information content (AvgIpc) is 2.67. The zero-order valence-corrected chi connectivity index (χ0v) is 25.9. The molecule has 4 nitrogen and oxygen atoms in total. The van der Waals surface area contributed by atoms with Crippen molar-refractivity contribution >= 4 is 4.31 Å². The van der Waals surface area contributed by atoms with Gasteiger partial charge in [-0.2, -0.15) is 0 Å². The fourth-order valence-electron chi connectivity index (χ4n) is 2.99. The first-order valence-electron chi connectivity index (χ1n) is 12.4. The second-order valence-electron chi connectivity index (χ2n) is 11.4. The molecule has 0 radical (unpaired) electrons. The van der Waals surface area contributed by atoms with Crippen molar-refractivity contribution in [3.8, 4) is 11.5 Å². The summed E-state index contributed by atoms with van der Waals surface area (Å²) in [6.45, 7) is 26.1. The minimum absolute atomic E-state index is 0.0267. The Hall–Kier alpha value is -1.46. The Morgan fingerprint density at radius 1 is 0.686 bits per heavy atom. The van der Waals surface area contributed by atoms with Crippen LogP contribution in [0.15, 0.2) is 36.4 Å². The van der Waals surface area contributed by atoms with Crippen LogP contribution in [0.4, 0.5) is 0 Å². The van der Waals surface area contributed by atoms with Gasteiger partial charge in [0.05, 0.1) is 0 Å². The molecule has 2 aromatic carbocycles. The molecule has 35 heavy (non-hydrogen) atoms. The van der Waals surface area contributed by atoms with E-state index < -0.39 is 30.4 Å². The Labute approximate surface area is 222 Å². The van der Waals surface area contributed by atoms with Gasteiger partial charge in [-0.05, 0) is 0 Å². The zero-order valence-electron chi connectivity index (χ0n) is 24.3. The van der Waals surface area contributed by atoms with E-state index in [1.807, 2.05) is 6.92 Å². The van der Waals surface area contributed by atoms with Crippen LogP contribution in [0.25, 0.3) is 0 Å². The predicted octanol–water partition coefficient (Wildman–Crippen LogP) is 6.14. The van der Waals surface area contributed by atoms with E-state index in [0.29, 0.717) is 0 Å². The summed E-state index contributed by atoms with van der Waals surface area (Å²) >= 11 is -2.34. The maximum absolute atomic E-state index is 9.53. The first kappa shape index (κ1) is 33.5. The van der Waals surface area contributed by atoms with E-state index in [2.05, 4.69) is 96.1 Å². The summed E-state index contributed by atoms with van der Waals surface area (Å²) in [5, 5.41) is 19.1. The maximum atomic E-state index is 9.53. The monoisotopic (exact) mass is 520 g/mol. The molecule has 0 fully saturated rings. The topological polar surface area (TPSA) is 64.6 Å². The fourth-order valence-corrected chi connectivity index (χ4v) is 4.66. The third-order valence-corrected chi connectivity index (χ3v) is 6.59. The molecular weight excluding hydrogens is 472 g/mol. The van der Waals surface area contributed by atoms with Gasteiger partial charge in [0, 0.05) is 0 Å². The molecule has 0 bridgehead atoms. The first-order chi connectivity index (χ1) is 15.9. The van der Waals surface area contributed by atoms with Crippen LogP contribution in [0, 0.1) is 13.8 Å². The predicted molar refractivity (Wildman–Crippen MR) is 143 cm³/mol. The third kappa shape index (κ3) is 14.0. The molecule has 5 heteroatoms. The van der Waals surface area contributed by atoms with Crippen molar-refractivity contribution in [1.82, 2.24) is 0 Å². The number of benzene rings is 2. The van der Waals surface area contributed by atoms with Crippen molar-refractivity contribution in [3.63, 3.8) is 0 Å². The molecule has 0 saturated carbocycles. The van der Waals surface area contributed by atoms with Crippen LogP contribution in [0.2, 0.25) is 0 Å². The van der Waals surface area contributed by atoms with Gasteiger partial charge < -0.3 is 10.2 Å². The number of hydrogen-bond donors (Lipinski definition) is 0. The molecule has 0 spiro atoms. The van der Waals surface area contributed by atoms with Crippen molar-refractivity contribution in [2.24, 2.45) is 0 Å². The molecule has 0 amide bonds. The fraction of sp³-hybridized carbons (Fsp3) is 0.567. The van der Waals surface area contributed by atoms with Crippen molar-refractivity contribution in [3.05, 3.63) is 58.7 Å². The van der Waals surface area contributed by atoms with Crippen LogP contribution >= 0.6 is 0 Å². The van der Waals surface area contributed by atoms with Gasteiger partial charge in [0.25, 0.3) is 0 Å². The van der Waals surface area contributed by atoms with Gasteiger partial charge >= 0.3 is 172 Å². The van der Waals surface area contributed by atoms with Crippen molar-refractivity contribution < 1.29 is 35.0 Å². The zero-order chi connectivity index (χ0) is 27.6. The standard InChI is InChI=1S/2C11H16O.2C3H7O.C2H4.Ti/c2*1-8-5-6-10(12)9(7-8)11(2,3)4;2*1-3(2)4;1-2;/h2*5-7,12H,1-4H3;2*3H,1-2H3;1H,2H3;/q;;2*-1;;+4/p-2. The van der Waals surface area contributed by atoms with Crippen LogP contribution in [0.1, 0.15) is 98.4 Å². The molecular formula is C30H48O4Ti. The Balaban J connectivity index is 0.00000126. The van der Waals surface area contributed by atoms with E-state index in [-0.39, 0.29) is 10.8 Å². The molecule has 0 atom stereocenters. The molecule has 0 N–H and O–H groups in total. The van der Waals surface area contributed by atoms with Gasteiger partial charge in [-0.3, -0.25) is 0 Å². The van der Waals surface area contributed by atoms with Gasteiger partial charge in [0.1, 0.15) is 0 Å². The van der Waals surface area contributed by atoms with E-state index >= 15 is 0 Å². The third-order valence-electron chi connectivity index (χ3n) is 4.54. The van der Waals surface area contributed by atoms with Crippen molar-refractivity contribution in [2.75, 3.05) is 0 Å². The van der Waals surface area contributed by atoms with Gasteiger partial charge in [-0.1, -0.05) is 27.7 Å². The molecule has 0 aliphatic heterocycles. The van der Waals surface area contributed by atoms with Gasteiger partial charge in [0.2, 0.25) is 0 Å². The quantitative estimate of drug-likeness (QED) is 0.455. The average molecular weight is 521 g/mol. The van der Waals surface area contributed by atoms with Gasteiger partial charge in [0.15, 0.2) is 0 Å². The number of rotatable bonds is 4. The van der Waals surface area contributed by atoms with Crippen molar-refractivity contribution in [1.29, 1.82) is 0 Å². The molecule has 0 aromatic heterocycles. The summed E-state index contributed by atoms with van der Waals surface area (Å²) < 4.78 is 15.1. The second kappa shape index (κ2) is 14.9. The van der Waals surface area contributed by atoms with Crippen LogP contribution in [-0.4, -0.2) is 16.5 Å². The van der Waals surface area contributed by atoms with Crippen LogP contribution in [0.5, 0.6) is 11.5 Å². The van der Waals surface area contributed by atoms with Crippen LogP contribution < -0.4 is 16.8 Å². The molecule has 0 aliphatic rings. The van der Waals surface area contributed by atoms with Crippen LogP contribution in [-0.2, 0) is 29.0 Å². The van der Waals surface area contributed by atoms with E-state index in [0.717, 1.165) is 11.5 Å². The summed E-state index contributed by atoms with van der Waals surface area (Å²) in [5.41, 5.74) is 5.03. The first-order valence-corrected chi connectivity index (χ1v) is 14.6. The molecule has 0 saturated heterocycles. The molecule has 2 aromatic rings. The second-order valence-corrected chi connectivity index (χ2v) is 13.9. The molecule has 0 aliphatic carbocycles. The van der Waals surface area contributed by atoms with E-state index in [1.165, 1.54) is 22.3 Å². The Kier molecular flexibility index (Phi) is 14.3. The molecule has 2 rings (SSSR count). The van der Waals surface area contributed by atoms with E-state index in [9.17, 15) is 10.2 Å². The van der Waals surface area contributed by atoms with Gasteiger partial charge in [-0.25, -0.2) is 0 Å². The minimum atomic E-state index is -2.34. The Morgan fingerprint density at radius 3 is 1.20 bits per heavy atom. The molecule has 196 valence electrons. The van der Waals surface area contributed by atoms with Crippen molar-refractivity contribution in [2.45, 2.75) is 113 Å². The van der Waals surface area contributed by atoms with Crippen LogP contribution in [0.3, 0.4) is 0 Å². The number of hydrogen-bond acceptors (Lipinski definition) is 4. The normalized spacial score (nSPS) is 11.0. The SMILES string of the molecule is CC(C)[O-].CC(C)[O-].C[CH]=[Ti+2]([O]c1ccc(C)cc1C(C)(C)C)[O]c1ccc(C)cc1C(C)(C)C. The van der Waals surface area contributed by atoms with E-state index in [4.69, 9.17) is 6.64 Å². The van der Waals surface area contributed by atoms with E-state index in [1.54, 1.807) is 27.7 Å². The summed E-state index contributed by atoms with van der Waals surface area (Å²) in [5.74, 6) is 1.90. The number of aryl methyl sites for hydroxylation is 2. The summed E-state index contributed by atoms with van der Waals surface area (Å²) in [7, 11) is 0. The Bertz CT molecular complexity index is 853.